The molecule has 3 rings (SSSR count). The third kappa shape index (κ3) is 4.67. The first-order valence-corrected chi connectivity index (χ1v) is 8.58. The van der Waals surface area contributed by atoms with Gasteiger partial charge in [0.05, 0.1) is 0 Å². The minimum atomic E-state index is -0.0649. The smallest absolute Gasteiger partial charge is 0.227 e. The Hall–Kier alpha value is -2.66. The molecule has 2 aromatic rings. The zero-order valence-electron chi connectivity index (χ0n) is 14.4. The van der Waals surface area contributed by atoms with Crippen molar-refractivity contribution in [3.8, 4) is 0 Å². The van der Waals surface area contributed by atoms with Gasteiger partial charge in [0.1, 0.15) is 0 Å². The van der Waals surface area contributed by atoms with Crippen LogP contribution >= 0.6 is 0 Å². The van der Waals surface area contributed by atoms with Crippen LogP contribution in [0.1, 0.15) is 30.9 Å². The Morgan fingerprint density at radius 1 is 1.00 bits per heavy atom. The van der Waals surface area contributed by atoms with Gasteiger partial charge in [0.15, 0.2) is 0 Å². The van der Waals surface area contributed by atoms with Crippen LogP contribution in [0.25, 0.3) is 0 Å². The van der Waals surface area contributed by atoms with Gasteiger partial charge in [-0.2, -0.15) is 0 Å². The molecule has 5 nitrogen and oxygen atoms in total. The van der Waals surface area contributed by atoms with Crippen molar-refractivity contribution in [3.05, 3.63) is 59.7 Å². The summed E-state index contributed by atoms with van der Waals surface area (Å²) in [7, 11) is 0. The van der Waals surface area contributed by atoms with Gasteiger partial charge in [-0.1, -0.05) is 24.3 Å². The topological polar surface area (TPSA) is 61.4 Å². The molecule has 2 aromatic carbocycles. The van der Waals surface area contributed by atoms with Gasteiger partial charge in [0, 0.05) is 44.4 Å². The van der Waals surface area contributed by atoms with Crippen molar-refractivity contribution in [2.45, 2.75) is 32.9 Å². The molecule has 2 amide bonds. The molecule has 1 aliphatic rings. The summed E-state index contributed by atoms with van der Waals surface area (Å²) >= 11 is 0. The molecule has 1 fully saturated rings. The summed E-state index contributed by atoms with van der Waals surface area (Å²) in [6.45, 7) is 3.85. The molecule has 0 aliphatic carbocycles. The van der Waals surface area contributed by atoms with E-state index >= 15 is 0 Å². The first-order chi connectivity index (χ1) is 12.1. The number of benzene rings is 2. The number of anilines is 2. The quantitative estimate of drug-likeness (QED) is 0.852. The molecule has 0 radical (unpaired) electrons. The van der Waals surface area contributed by atoms with Crippen LogP contribution < -0.4 is 15.5 Å². The second-order valence-corrected chi connectivity index (χ2v) is 6.30. The molecule has 5 heteroatoms. The van der Waals surface area contributed by atoms with Gasteiger partial charge >= 0.3 is 0 Å². The second-order valence-electron chi connectivity index (χ2n) is 6.30. The number of amides is 2. The molecule has 0 aromatic heterocycles. The lowest BCUT2D eigenvalue weighted by Crippen LogP contribution is -2.23. The third-order valence-corrected chi connectivity index (χ3v) is 4.25. The lowest BCUT2D eigenvalue weighted by atomic mass is 10.1. The van der Waals surface area contributed by atoms with E-state index in [9.17, 15) is 9.59 Å². The van der Waals surface area contributed by atoms with Crippen LogP contribution in [0.4, 0.5) is 11.4 Å². The first-order valence-electron chi connectivity index (χ1n) is 8.58. The third-order valence-electron chi connectivity index (χ3n) is 4.25. The van der Waals surface area contributed by atoms with Crippen LogP contribution in [-0.4, -0.2) is 18.4 Å². The molecule has 1 saturated heterocycles. The summed E-state index contributed by atoms with van der Waals surface area (Å²) in [5, 5.41) is 6.17. The van der Waals surface area contributed by atoms with E-state index in [1.165, 1.54) is 12.5 Å². The van der Waals surface area contributed by atoms with Crippen molar-refractivity contribution in [2.75, 3.05) is 16.8 Å². The van der Waals surface area contributed by atoms with Crippen molar-refractivity contribution in [3.63, 3.8) is 0 Å². The van der Waals surface area contributed by atoms with E-state index in [2.05, 4.69) is 22.8 Å². The molecular formula is C20H23N3O2. The van der Waals surface area contributed by atoms with Gasteiger partial charge < -0.3 is 15.5 Å². The van der Waals surface area contributed by atoms with Gasteiger partial charge in [-0.3, -0.25) is 9.59 Å². The average Bonchev–Trinajstić information content (AvgIpc) is 3.03. The fraction of sp³-hybridized carbons (Fsp3) is 0.300. The standard InChI is InChI=1S/C20H23N3O2/c1-15(24)22-18-8-4-16(5-9-18)13-21-14-17-6-10-19(11-7-17)23-12-2-3-20(23)25/h4-11,21H,2-3,12-14H2,1H3,(H,22,24). The zero-order valence-corrected chi connectivity index (χ0v) is 14.4. The molecule has 0 atom stereocenters. The van der Waals surface area contributed by atoms with Crippen LogP contribution in [0.15, 0.2) is 48.5 Å². The van der Waals surface area contributed by atoms with E-state index in [-0.39, 0.29) is 11.8 Å². The van der Waals surface area contributed by atoms with E-state index < -0.39 is 0 Å². The summed E-state index contributed by atoms with van der Waals surface area (Å²) in [5.74, 6) is 0.151. The Kier molecular flexibility index (Phi) is 5.46. The molecule has 130 valence electrons. The van der Waals surface area contributed by atoms with E-state index in [4.69, 9.17) is 0 Å². The highest BCUT2D eigenvalue weighted by atomic mass is 16.2. The number of carbonyl (C=O) groups excluding carboxylic acids is 2. The fourth-order valence-corrected chi connectivity index (χ4v) is 2.98. The van der Waals surface area contributed by atoms with Crippen molar-refractivity contribution < 1.29 is 9.59 Å². The maximum Gasteiger partial charge on any atom is 0.227 e. The fourth-order valence-electron chi connectivity index (χ4n) is 2.98. The molecule has 0 spiro atoms. The maximum atomic E-state index is 11.8. The van der Waals surface area contributed by atoms with Gasteiger partial charge in [-0.15, -0.1) is 0 Å². The Morgan fingerprint density at radius 3 is 2.12 bits per heavy atom. The lowest BCUT2D eigenvalue weighted by Gasteiger charge is -2.16. The largest absolute Gasteiger partial charge is 0.326 e. The van der Waals surface area contributed by atoms with Gasteiger partial charge in [-0.25, -0.2) is 0 Å². The van der Waals surface area contributed by atoms with Crippen molar-refractivity contribution in [2.24, 2.45) is 0 Å². The predicted molar refractivity (Wildman–Crippen MR) is 99.3 cm³/mol. The highest BCUT2D eigenvalue weighted by molar-refractivity contribution is 5.95. The number of nitrogens with zero attached hydrogens (tertiary/aromatic N) is 1. The number of hydrogen-bond donors (Lipinski definition) is 2. The number of nitrogens with one attached hydrogen (secondary N) is 2. The summed E-state index contributed by atoms with van der Waals surface area (Å²) in [4.78, 5) is 24.6. The van der Waals surface area contributed by atoms with Crippen molar-refractivity contribution in [1.82, 2.24) is 5.32 Å². The van der Waals surface area contributed by atoms with E-state index in [1.807, 2.05) is 41.3 Å². The van der Waals surface area contributed by atoms with E-state index in [0.29, 0.717) is 6.42 Å². The predicted octanol–water partition coefficient (Wildman–Crippen LogP) is 3.06. The second kappa shape index (κ2) is 7.94. The molecule has 0 unspecified atom stereocenters. The highest BCUT2D eigenvalue weighted by Crippen LogP contribution is 2.21. The van der Waals surface area contributed by atoms with Crippen LogP contribution in [0.2, 0.25) is 0 Å². The van der Waals surface area contributed by atoms with Gasteiger partial charge in [0.25, 0.3) is 0 Å². The Morgan fingerprint density at radius 2 is 1.60 bits per heavy atom. The molecule has 25 heavy (non-hydrogen) atoms. The summed E-state index contributed by atoms with van der Waals surface area (Å²) < 4.78 is 0. The normalized spacial score (nSPS) is 14.0. The Balaban J connectivity index is 1.48. The lowest BCUT2D eigenvalue weighted by molar-refractivity contribution is -0.117. The average molecular weight is 337 g/mol. The summed E-state index contributed by atoms with van der Waals surface area (Å²) in [6, 6.07) is 16.0. The molecule has 0 bridgehead atoms. The maximum absolute atomic E-state index is 11.8. The van der Waals surface area contributed by atoms with E-state index in [1.54, 1.807) is 0 Å². The van der Waals surface area contributed by atoms with Gasteiger partial charge in [0.2, 0.25) is 11.8 Å². The molecule has 2 N–H and O–H groups in total. The van der Waals surface area contributed by atoms with Crippen LogP contribution in [0.5, 0.6) is 0 Å². The monoisotopic (exact) mass is 337 g/mol. The number of rotatable bonds is 6. The summed E-state index contributed by atoms with van der Waals surface area (Å²) in [5.41, 5.74) is 4.14. The first kappa shape index (κ1) is 17.2. The van der Waals surface area contributed by atoms with Crippen LogP contribution in [0.3, 0.4) is 0 Å². The molecular weight excluding hydrogens is 314 g/mol. The van der Waals surface area contributed by atoms with E-state index in [0.717, 1.165) is 43.0 Å². The molecule has 1 heterocycles. The highest BCUT2D eigenvalue weighted by Gasteiger charge is 2.21. The minimum Gasteiger partial charge on any atom is -0.326 e. The van der Waals surface area contributed by atoms with Crippen LogP contribution in [0, 0.1) is 0 Å². The van der Waals surface area contributed by atoms with Crippen LogP contribution in [-0.2, 0) is 22.7 Å². The Labute approximate surface area is 148 Å². The van der Waals surface area contributed by atoms with Crippen molar-refractivity contribution in [1.29, 1.82) is 0 Å². The molecule has 1 aliphatic heterocycles. The van der Waals surface area contributed by atoms with Crippen molar-refractivity contribution >= 4 is 23.2 Å². The van der Waals surface area contributed by atoms with Gasteiger partial charge in [-0.05, 0) is 41.8 Å². The summed E-state index contributed by atoms with van der Waals surface area (Å²) in [6.07, 6.45) is 1.60. The number of hydrogen-bond acceptors (Lipinski definition) is 3. The number of carbonyl (C=O) groups is 2. The zero-order chi connectivity index (χ0) is 17.6. The Bertz CT molecular complexity index is 739. The minimum absolute atomic E-state index is 0.0649. The SMILES string of the molecule is CC(=O)Nc1ccc(CNCc2ccc(N3CCCC3=O)cc2)cc1. The molecule has 0 saturated carbocycles.